The Morgan fingerprint density at radius 2 is 1.91 bits per heavy atom. The number of Topliss-reactive ketones (excluding diaryl/α,β-unsaturated/α-hetero) is 1. The summed E-state index contributed by atoms with van der Waals surface area (Å²) in [6, 6.07) is 15.6. The monoisotopic (exact) mass is 307 g/mol. The summed E-state index contributed by atoms with van der Waals surface area (Å²) in [6.07, 6.45) is 1.74. The molecule has 2 aromatic carbocycles. The number of aryl methyl sites for hydroxylation is 1. The van der Waals surface area contributed by atoms with Crippen LogP contribution in [0.2, 0.25) is 0 Å². The number of carbonyl (C=O) groups excluding carboxylic acids is 1. The minimum atomic E-state index is 0.0619. The van der Waals surface area contributed by atoms with Crippen LogP contribution in [0.25, 0.3) is 11.0 Å². The average molecular weight is 307 g/mol. The van der Waals surface area contributed by atoms with Crippen molar-refractivity contribution in [2.24, 2.45) is 7.05 Å². The quantitative estimate of drug-likeness (QED) is 0.731. The maximum Gasteiger partial charge on any atom is 0.207 e. The van der Waals surface area contributed by atoms with Gasteiger partial charge in [-0.05, 0) is 24.3 Å². The van der Waals surface area contributed by atoms with E-state index in [-0.39, 0.29) is 5.78 Å². The first-order valence-electron chi connectivity index (χ1n) is 6.94. The second-order valence-electron chi connectivity index (χ2n) is 5.06. The molecule has 3 aromatic rings. The zero-order chi connectivity index (χ0) is 15.1. The molecule has 0 atom stereocenters. The lowest BCUT2D eigenvalue weighted by molar-refractivity contribution is 0.104. The van der Waals surface area contributed by atoms with Crippen LogP contribution in [0.1, 0.15) is 10.4 Å². The molecule has 0 fully saturated rings. The number of benzene rings is 2. The molecular formula is C17H13N3OS. The summed E-state index contributed by atoms with van der Waals surface area (Å²) < 4.78 is 1.98. The highest BCUT2D eigenvalue weighted by Gasteiger charge is 2.25. The Morgan fingerprint density at radius 3 is 2.73 bits per heavy atom. The van der Waals surface area contributed by atoms with E-state index in [0.717, 1.165) is 27.4 Å². The summed E-state index contributed by atoms with van der Waals surface area (Å²) in [5, 5.41) is 3.16. The molecular weight excluding hydrogens is 294 g/mol. The Labute approximate surface area is 131 Å². The topological polar surface area (TPSA) is 46.9 Å². The van der Waals surface area contributed by atoms with Gasteiger partial charge in [0.15, 0.2) is 0 Å². The van der Waals surface area contributed by atoms with E-state index in [9.17, 15) is 4.79 Å². The van der Waals surface area contributed by atoms with Crippen LogP contribution in [-0.4, -0.2) is 15.3 Å². The molecule has 2 heterocycles. The lowest BCUT2D eigenvalue weighted by Crippen LogP contribution is -2.01. The first-order valence-corrected chi connectivity index (χ1v) is 7.75. The van der Waals surface area contributed by atoms with Crippen molar-refractivity contribution in [3.8, 4) is 0 Å². The largest absolute Gasteiger partial charge is 0.331 e. The van der Waals surface area contributed by atoms with Gasteiger partial charge in [0.2, 0.25) is 11.7 Å². The molecule has 22 heavy (non-hydrogen) atoms. The fourth-order valence-electron chi connectivity index (χ4n) is 2.54. The van der Waals surface area contributed by atoms with Gasteiger partial charge in [0.25, 0.3) is 0 Å². The van der Waals surface area contributed by atoms with Crippen molar-refractivity contribution in [3.63, 3.8) is 0 Å². The lowest BCUT2D eigenvalue weighted by Gasteiger charge is -2.02. The van der Waals surface area contributed by atoms with Crippen molar-refractivity contribution in [3.05, 3.63) is 65.2 Å². The van der Waals surface area contributed by atoms with Gasteiger partial charge in [0.05, 0.1) is 15.9 Å². The van der Waals surface area contributed by atoms with Gasteiger partial charge in [0, 0.05) is 23.7 Å². The fraction of sp³-hybridized carbons (Fsp3) is 0.0588. The minimum absolute atomic E-state index is 0.0619. The molecule has 0 saturated carbocycles. The summed E-state index contributed by atoms with van der Waals surface area (Å²) in [6.45, 7) is 0. The fourth-order valence-corrected chi connectivity index (χ4v) is 3.52. The first-order chi connectivity index (χ1) is 10.7. The molecule has 1 aromatic heterocycles. The molecule has 0 saturated heterocycles. The molecule has 1 aliphatic rings. The molecule has 0 aliphatic carbocycles. The Bertz CT molecular complexity index is 927. The molecule has 108 valence electrons. The summed E-state index contributed by atoms with van der Waals surface area (Å²) >= 11 is 1.49. The molecule has 0 radical (unpaired) electrons. The van der Waals surface area contributed by atoms with Crippen molar-refractivity contribution in [2.75, 3.05) is 5.32 Å². The molecule has 4 rings (SSSR count). The number of allylic oxidation sites excluding steroid dienone is 1. The number of thioether (sulfide) groups is 1. The summed E-state index contributed by atoms with van der Waals surface area (Å²) in [5.41, 5.74) is 2.75. The van der Waals surface area contributed by atoms with Gasteiger partial charge in [-0.25, -0.2) is 4.98 Å². The second-order valence-corrected chi connectivity index (χ2v) is 6.15. The number of rotatable bonds is 2. The van der Waals surface area contributed by atoms with E-state index in [1.54, 1.807) is 6.20 Å². The van der Waals surface area contributed by atoms with E-state index in [1.807, 2.05) is 60.1 Å². The maximum atomic E-state index is 12.3. The van der Waals surface area contributed by atoms with Crippen LogP contribution in [0.15, 0.2) is 64.5 Å². The van der Waals surface area contributed by atoms with Crippen LogP contribution in [0, 0.1) is 0 Å². The Kier molecular flexibility index (Phi) is 3.01. The zero-order valence-corrected chi connectivity index (χ0v) is 12.7. The van der Waals surface area contributed by atoms with Crippen LogP contribution >= 0.6 is 11.8 Å². The maximum absolute atomic E-state index is 12.3. The number of carbonyl (C=O) groups is 1. The summed E-state index contributed by atoms with van der Waals surface area (Å²) in [4.78, 5) is 18.5. The number of imidazole rings is 1. The van der Waals surface area contributed by atoms with E-state index in [4.69, 9.17) is 0 Å². The molecule has 1 N–H and O–H groups in total. The molecule has 4 nitrogen and oxygen atoms in total. The predicted octanol–water partition coefficient (Wildman–Crippen LogP) is 3.82. The highest BCUT2D eigenvalue weighted by atomic mass is 32.2. The van der Waals surface area contributed by atoms with E-state index in [1.165, 1.54) is 11.8 Å². The van der Waals surface area contributed by atoms with Crippen LogP contribution in [0.3, 0.4) is 0 Å². The van der Waals surface area contributed by atoms with Gasteiger partial charge in [-0.2, -0.15) is 0 Å². The average Bonchev–Trinajstić information content (AvgIpc) is 3.04. The van der Waals surface area contributed by atoms with Crippen molar-refractivity contribution in [1.29, 1.82) is 0 Å². The third-order valence-electron chi connectivity index (χ3n) is 3.69. The highest BCUT2D eigenvalue weighted by Crippen LogP contribution is 2.39. The van der Waals surface area contributed by atoms with Gasteiger partial charge in [-0.1, -0.05) is 36.0 Å². The number of ketones is 1. The molecule has 1 aliphatic heterocycles. The van der Waals surface area contributed by atoms with Crippen molar-refractivity contribution < 1.29 is 4.79 Å². The molecule has 0 bridgehead atoms. The number of anilines is 1. The van der Waals surface area contributed by atoms with Crippen LogP contribution in [0.5, 0.6) is 0 Å². The van der Waals surface area contributed by atoms with Crippen molar-refractivity contribution in [1.82, 2.24) is 9.55 Å². The number of para-hydroxylation sites is 2. The van der Waals surface area contributed by atoms with Crippen LogP contribution < -0.4 is 5.32 Å². The van der Waals surface area contributed by atoms with Gasteiger partial charge in [-0.3, -0.25) is 4.79 Å². The summed E-state index contributed by atoms with van der Waals surface area (Å²) in [5.74, 6) is 0.782. The van der Waals surface area contributed by atoms with Crippen LogP contribution in [0.4, 0.5) is 5.95 Å². The SMILES string of the molecule is Cn1c(N/C=C2\Sc3ccccc3C2=O)nc2ccccc21. The van der Waals surface area contributed by atoms with E-state index < -0.39 is 0 Å². The third kappa shape index (κ3) is 2.02. The molecule has 0 spiro atoms. The second kappa shape index (κ2) is 5.03. The number of nitrogens with zero attached hydrogens (tertiary/aromatic N) is 2. The first kappa shape index (κ1) is 13.2. The number of fused-ring (bicyclic) bond motifs is 2. The summed E-state index contributed by atoms with van der Waals surface area (Å²) in [7, 11) is 1.95. The predicted molar refractivity (Wildman–Crippen MR) is 89.0 cm³/mol. The molecule has 0 unspecified atom stereocenters. The number of hydrogen-bond donors (Lipinski definition) is 1. The van der Waals surface area contributed by atoms with Gasteiger partial charge < -0.3 is 9.88 Å². The van der Waals surface area contributed by atoms with Gasteiger partial charge in [-0.15, -0.1) is 0 Å². The van der Waals surface area contributed by atoms with Gasteiger partial charge in [0.1, 0.15) is 0 Å². The smallest absolute Gasteiger partial charge is 0.207 e. The standard InChI is InChI=1S/C17H13N3OS/c1-20-13-8-4-3-7-12(13)19-17(20)18-10-15-16(21)11-6-2-5-9-14(11)22-15/h2-10H,1H3,(H,18,19)/b15-10-. The Morgan fingerprint density at radius 1 is 1.14 bits per heavy atom. The normalized spacial score (nSPS) is 15.5. The third-order valence-corrected chi connectivity index (χ3v) is 4.79. The number of hydrogen-bond acceptors (Lipinski definition) is 4. The number of aromatic nitrogens is 2. The van der Waals surface area contributed by atoms with Crippen molar-refractivity contribution >= 4 is 34.5 Å². The van der Waals surface area contributed by atoms with Crippen molar-refractivity contribution in [2.45, 2.75) is 4.90 Å². The zero-order valence-electron chi connectivity index (χ0n) is 11.9. The lowest BCUT2D eigenvalue weighted by atomic mass is 10.1. The van der Waals surface area contributed by atoms with E-state index in [0.29, 0.717) is 4.91 Å². The highest BCUT2D eigenvalue weighted by molar-refractivity contribution is 8.04. The van der Waals surface area contributed by atoms with Crippen LogP contribution in [-0.2, 0) is 7.05 Å². The minimum Gasteiger partial charge on any atom is -0.331 e. The molecule has 0 amide bonds. The van der Waals surface area contributed by atoms with E-state index in [2.05, 4.69) is 10.3 Å². The van der Waals surface area contributed by atoms with E-state index >= 15 is 0 Å². The Balaban J connectivity index is 1.65. The Hall–Kier alpha value is -2.53. The van der Waals surface area contributed by atoms with Gasteiger partial charge >= 0.3 is 0 Å². The number of nitrogens with one attached hydrogen (secondary N) is 1. The molecule has 5 heteroatoms.